The fourth-order valence-electron chi connectivity index (χ4n) is 4.60. The summed E-state index contributed by atoms with van der Waals surface area (Å²) in [7, 11) is 0. The summed E-state index contributed by atoms with van der Waals surface area (Å²) in [6.45, 7) is 7.53. The van der Waals surface area contributed by atoms with Crippen molar-refractivity contribution in [1.29, 1.82) is 0 Å². The number of rotatable bonds is 11. The van der Waals surface area contributed by atoms with Gasteiger partial charge in [0.15, 0.2) is 0 Å². The number of hydrogen-bond acceptors (Lipinski definition) is 4. The number of imide groups is 1. The quantitative estimate of drug-likeness (QED) is 0.516. The van der Waals surface area contributed by atoms with Gasteiger partial charge < -0.3 is 10.0 Å². The van der Waals surface area contributed by atoms with Gasteiger partial charge in [0, 0.05) is 25.3 Å². The predicted molar refractivity (Wildman–Crippen MR) is 123 cm³/mol. The van der Waals surface area contributed by atoms with Gasteiger partial charge >= 0.3 is 6.09 Å². The zero-order valence-corrected chi connectivity index (χ0v) is 19.3. The van der Waals surface area contributed by atoms with E-state index in [9.17, 15) is 19.5 Å². The van der Waals surface area contributed by atoms with Crippen molar-refractivity contribution in [1.82, 2.24) is 4.90 Å². The third kappa shape index (κ3) is 7.76. The van der Waals surface area contributed by atoms with Crippen LogP contribution in [0.5, 0.6) is 0 Å². The lowest BCUT2D eigenvalue weighted by atomic mass is 9.85. The van der Waals surface area contributed by atoms with E-state index in [1.165, 1.54) is 26.2 Å². The average Bonchev–Trinajstić information content (AvgIpc) is 2.74. The second-order valence-electron chi connectivity index (χ2n) is 8.80. The second-order valence-corrected chi connectivity index (χ2v) is 8.80. The standard InChI is InChI=1S/C25H38N2O4/c1-4-16-26(17-8-11-24(29)22-9-6-5-7-10-22)19(2)18-21-12-14-23(15-13-21)27(20(3)28)25(30)31/h12-15,19,22H,4-11,16-18H2,1-3H3,(H,30,31). The molecular weight excluding hydrogens is 392 g/mol. The van der Waals surface area contributed by atoms with E-state index in [-0.39, 0.29) is 0 Å². The van der Waals surface area contributed by atoms with Crippen LogP contribution in [0.25, 0.3) is 0 Å². The number of carbonyl (C=O) groups excluding carboxylic acids is 2. The molecule has 1 aliphatic rings. The van der Waals surface area contributed by atoms with Crippen molar-refractivity contribution in [2.24, 2.45) is 5.92 Å². The molecule has 1 aromatic rings. The van der Waals surface area contributed by atoms with Crippen LogP contribution in [-0.4, -0.2) is 46.9 Å². The van der Waals surface area contributed by atoms with Gasteiger partial charge in [0.05, 0.1) is 5.69 Å². The first-order valence-corrected chi connectivity index (χ1v) is 11.7. The van der Waals surface area contributed by atoms with Gasteiger partial charge in [-0.2, -0.15) is 0 Å². The number of benzene rings is 1. The molecule has 1 atom stereocenters. The van der Waals surface area contributed by atoms with Crippen LogP contribution >= 0.6 is 0 Å². The summed E-state index contributed by atoms with van der Waals surface area (Å²) in [6, 6.07) is 7.47. The van der Waals surface area contributed by atoms with Crippen LogP contribution in [0.1, 0.15) is 77.7 Å². The molecule has 0 aromatic heterocycles. The van der Waals surface area contributed by atoms with Crippen molar-refractivity contribution in [3.05, 3.63) is 29.8 Å². The first-order valence-electron chi connectivity index (χ1n) is 11.7. The maximum atomic E-state index is 12.5. The normalized spacial score (nSPS) is 15.6. The number of Topliss-reactive ketones (excluding diaryl/α,β-unsaturated/α-hetero) is 1. The molecule has 1 unspecified atom stereocenters. The molecule has 0 heterocycles. The van der Waals surface area contributed by atoms with Gasteiger partial charge in [-0.3, -0.25) is 9.59 Å². The monoisotopic (exact) mass is 430 g/mol. The summed E-state index contributed by atoms with van der Waals surface area (Å²) < 4.78 is 0. The van der Waals surface area contributed by atoms with E-state index in [0.29, 0.717) is 29.9 Å². The van der Waals surface area contributed by atoms with Gasteiger partial charge in [0.25, 0.3) is 0 Å². The number of ketones is 1. The summed E-state index contributed by atoms with van der Waals surface area (Å²) in [4.78, 5) is 38.6. The molecule has 1 aliphatic carbocycles. The van der Waals surface area contributed by atoms with Gasteiger partial charge in [-0.15, -0.1) is 0 Å². The van der Waals surface area contributed by atoms with Crippen LogP contribution in [0.2, 0.25) is 0 Å². The molecule has 0 bridgehead atoms. The highest BCUT2D eigenvalue weighted by molar-refractivity contribution is 6.10. The Bertz CT molecular complexity index is 712. The topological polar surface area (TPSA) is 77.9 Å². The van der Waals surface area contributed by atoms with Crippen LogP contribution in [-0.2, 0) is 16.0 Å². The van der Waals surface area contributed by atoms with Crippen molar-refractivity contribution in [3.8, 4) is 0 Å². The van der Waals surface area contributed by atoms with Gasteiger partial charge in [0.1, 0.15) is 5.78 Å². The van der Waals surface area contributed by atoms with Gasteiger partial charge in [-0.1, -0.05) is 38.3 Å². The smallest absolute Gasteiger partial charge is 0.418 e. The summed E-state index contributed by atoms with van der Waals surface area (Å²) >= 11 is 0. The van der Waals surface area contributed by atoms with Crippen molar-refractivity contribution >= 4 is 23.5 Å². The molecule has 6 heteroatoms. The van der Waals surface area contributed by atoms with Crippen LogP contribution < -0.4 is 4.90 Å². The molecule has 2 rings (SSSR count). The molecule has 1 saturated carbocycles. The maximum Gasteiger partial charge on any atom is 0.418 e. The lowest BCUT2D eigenvalue weighted by molar-refractivity contribution is -0.124. The van der Waals surface area contributed by atoms with E-state index < -0.39 is 12.0 Å². The van der Waals surface area contributed by atoms with Crippen LogP contribution in [0.4, 0.5) is 10.5 Å². The molecular formula is C25H38N2O4. The molecule has 31 heavy (non-hydrogen) atoms. The number of nitrogens with zero attached hydrogens (tertiary/aromatic N) is 2. The minimum atomic E-state index is -1.27. The molecule has 0 radical (unpaired) electrons. The van der Waals surface area contributed by atoms with Gasteiger partial charge in [-0.25, -0.2) is 9.69 Å². The summed E-state index contributed by atoms with van der Waals surface area (Å²) in [6.07, 6.45) is 8.04. The lowest BCUT2D eigenvalue weighted by Gasteiger charge is -2.29. The highest BCUT2D eigenvalue weighted by Gasteiger charge is 2.22. The van der Waals surface area contributed by atoms with E-state index in [0.717, 1.165) is 55.7 Å². The Morgan fingerprint density at radius 1 is 1.06 bits per heavy atom. The Morgan fingerprint density at radius 2 is 1.71 bits per heavy atom. The summed E-state index contributed by atoms with van der Waals surface area (Å²) in [5.74, 6) is 0.225. The Labute approximate surface area is 186 Å². The molecule has 1 aromatic carbocycles. The minimum Gasteiger partial charge on any atom is -0.464 e. The van der Waals surface area contributed by atoms with Crippen molar-refractivity contribution < 1.29 is 19.5 Å². The van der Waals surface area contributed by atoms with E-state index in [4.69, 9.17) is 0 Å². The third-order valence-corrected chi connectivity index (χ3v) is 6.30. The van der Waals surface area contributed by atoms with E-state index in [2.05, 4.69) is 18.7 Å². The molecule has 6 nitrogen and oxygen atoms in total. The van der Waals surface area contributed by atoms with Gasteiger partial charge in [0.2, 0.25) is 5.91 Å². The molecule has 172 valence electrons. The molecule has 0 saturated heterocycles. The SMILES string of the molecule is CCCN(CCCC(=O)C1CCCCC1)C(C)Cc1ccc(N(C(C)=O)C(=O)O)cc1. The molecule has 1 fully saturated rings. The number of amides is 2. The molecule has 2 amide bonds. The minimum absolute atomic E-state index is 0.296. The summed E-state index contributed by atoms with van der Waals surface area (Å²) in [5, 5.41) is 9.22. The summed E-state index contributed by atoms with van der Waals surface area (Å²) in [5.41, 5.74) is 1.47. The number of carbonyl (C=O) groups is 3. The Balaban J connectivity index is 1.89. The van der Waals surface area contributed by atoms with Crippen LogP contribution in [0, 0.1) is 5.92 Å². The van der Waals surface area contributed by atoms with Gasteiger partial charge in [-0.05, 0) is 69.8 Å². The first kappa shape index (κ1) is 25.1. The van der Waals surface area contributed by atoms with Crippen molar-refractivity contribution in [2.75, 3.05) is 18.0 Å². The zero-order valence-electron chi connectivity index (χ0n) is 19.3. The largest absolute Gasteiger partial charge is 0.464 e. The number of carboxylic acid groups (broad SMARTS) is 1. The van der Waals surface area contributed by atoms with Crippen molar-refractivity contribution in [3.63, 3.8) is 0 Å². The Hall–Kier alpha value is -2.21. The highest BCUT2D eigenvalue weighted by atomic mass is 16.4. The molecule has 0 spiro atoms. The third-order valence-electron chi connectivity index (χ3n) is 6.30. The molecule has 0 aliphatic heterocycles. The number of anilines is 1. The molecule has 1 N–H and O–H groups in total. The van der Waals surface area contributed by atoms with Crippen molar-refractivity contribution in [2.45, 2.75) is 84.6 Å². The van der Waals surface area contributed by atoms with E-state index in [1.807, 2.05) is 12.1 Å². The van der Waals surface area contributed by atoms with Crippen LogP contribution in [0.15, 0.2) is 24.3 Å². The maximum absolute atomic E-state index is 12.5. The fourth-order valence-corrected chi connectivity index (χ4v) is 4.60. The van der Waals surface area contributed by atoms with Crippen LogP contribution in [0.3, 0.4) is 0 Å². The average molecular weight is 431 g/mol. The Kier molecular flexibility index (Phi) is 10.2. The second kappa shape index (κ2) is 12.6. The highest BCUT2D eigenvalue weighted by Crippen LogP contribution is 2.26. The van der Waals surface area contributed by atoms with E-state index >= 15 is 0 Å². The Morgan fingerprint density at radius 3 is 2.26 bits per heavy atom. The fraction of sp³-hybridized carbons (Fsp3) is 0.640. The number of hydrogen-bond donors (Lipinski definition) is 1. The zero-order chi connectivity index (χ0) is 22.8. The lowest BCUT2D eigenvalue weighted by Crippen LogP contribution is -2.36. The predicted octanol–water partition coefficient (Wildman–Crippen LogP) is 5.29. The first-order chi connectivity index (χ1) is 14.8. The van der Waals surface area contributed by atoms with E-state index in [1.54, 1.807) is 12.1 Å².